The van der Waals surface area contributed by atoms with Crippen molar-refractivity contribution in [2.75, 3.05) is 13.2 Å². The lowest BCUT2D eigenvalue weighted by Crippen LogP contribution is -2.30. The summed E-state index contributed by atoms with van der Waals surface area (Å²) < 4.78 is 16.8. The first-order valence-corrected chi connectivity index (χ1v) is 27.2. The normalized spacial score (nSPS) is 12.0. The van der Waals surface area contributed by atoms with E-state index in [-0.39, 0.29) is 31.1 Å². The second-order valence-electron chi connectivity index (χ2n) is 19.8. The molecule has 0 spiro atoms. The van der Waals surface area contributed by atoms with Crippen molar-refractivity contribution in [2.24, 2.45) is 11.8 Å². The smallest absolute Gasteiger partial charge is 0.306 e. The van der Waals surface area contributed by atoms with Gasteiger partial charge < -0.3 is 14.2 Å². The molecule has 0 amide bonds. The van der Waals surface area contributed by atoms with E-state index in [9.17, 15) is 14.4 Å². The fraction of sp³-hybridized carbons (Fsp3) is 0.945. The lowest BCUT2D eigenvalue weighted by atomic mass is 10.0. The maximum absolute atomic E-state index is 12.8. The number of esters is 3. The molecule has 0 aromatic heterocycles. The Bertz CT molecular complexity index is 931. The van der Waals surface area contributed by atoms with Gasteiger partial charge in [0.15, 0.2) is 6.10 Å². The Morgan fingerprint density at radius 1 is 0.311 bits per heavy atom. The predicted molar refractivity (Wildman–Crippen MR) is 261 cm³/mol. The van der Waals surface area contributed by atoms with Gasteiger partial charge in [0.2, 0.25) is 0 Å². The van der Waals surface area contributed by atoms with Crippen molar-refractivity contribution in [3.05, 3.63) is 0 Å². The van der Waals surface area contributed by atoms with Gasteiger partial charge in [-0.05, 0) is 31.1 Å². The molecule has 0 aliphatic rings. The number of rotatable bonds is 49. The summed E-state index contributed by atoms with van der Waals surface area (Å²) in [4.78, 5) is 38.0. The third-order valence-electron chi connectivity index (χ3n) is 12.5. The Balaban J connectivity index is 4.25. The fourth-order valence-electron chi connectivity index (χ4n) is 8.34. The van der Waals surface area contributed by atoms with Crippen molar-refractivity contribution in [1.82, 2.24) is 0 Å². The summed E-state index contributed by atoms with van der Waals surface area (Å²) in [6.07, 6.45) is 49.5. The summed E-state index contributed by atoms with van der Waals surface area (Å²) in [5.41, 5.74) is 0. The number of unbranched alkanes of at least 4 members (excludes halogenated alkanes) is 34. The van der Waals surface area contributed by atoms with Crippen LogP contribution in [0.2, 0.25) is 0 Å². The quantitative estimate of drug-likeness (QED) is 0.0344. The first-order chi connectivity index (χ1) is 29.7. The van der Waals surface area contributed by atoms with E-state index >= 15 is 0 Å². The molecule has 0 aromatic carbocycles. The van der Waals surface area contributed by atoms with Gasteiger partial charge in [0.05, 0.1) is 0 Å². The maximum Gasteiger partial charge on any atom is 0.306 e. The van der Waals surface area contributed by atoms with E-state index in [1.807, 2.05) is 0 Å². The molecular weight excluding hydrogens is 757 g/mol. The van der Waals surface area contributed by atoms with E-state index in [4.69, 9.17) is 14.2 Å². The molecule has 61 heavy (non-hydrogen) atoms. The average Bonchev–Trinajstić information content (AvgIpc) is 3.23. The fourth-order valence-corrected chi connectivity index (χ4v) is 8.34. The van der Waals surface area contributed by atoms with Crippen LogP contribution >= 0.6 is 0 Å². The Kier molecular flexibility index (Phi) is 46.6. The van der Waals surface area contributed by atoms with Crippen molar-refractivity contribution in [1.29, 1.82) is 0 Å². The van der Waals surface area contributed by atoms with Crippen LogP contribution in [0, 0.1) is 11.8 Å². The highest BCUT2D eigenvalue weighted by Gasteiger charge is 2.19. The van der Waals surface area contributed by atoms with Crippen molar-refractivity contribution in [2.45, 2.75) is 310 Å². The molecule has 0 bridgehead atoms. The topological polar surface area (TPSA) is 78.9 Å². The van der Waals surface area contributed by atoms with Gasteiger partial charge in [0, 0.05) is 19.3 Å². The zero-order chi connectivity index (χ0) is 44.7. The molecule has 0 aliphatic heterocycles. The van der Waals surface area contributed by atoms with Crippen LogP contribution in [0.3, 0.4) is 0 Å². The van der Waals surface area contributed by atoms with Gasteiger partial charge in [-0.2, -0.15) is 0 Å². The monoisotopic (exact) mass is 863 g/mol. The molecule has 0 rings (SSSR count). The van der Waals surface area contributed by atoms with Gasteiger partial charge in [-0.15, -0.1) is 0 Å². The summed E-state index contributed by atoms with van der Waals surface area (Å²) in [7, 11) is 0. The summed E-state index contributed by atoms with van der Waals surface area (Å²) in [6, 6.07) is 0. The Morgan fingerprint density at radius 2 is 0.541 bits per heavy atom. The molecule has 0 heterocycles. The number of hydrogen-bond donors (Lipinski definition) is 0. The average molecular weight is 863 g/mol. The Hall–Kier alpha value is -1.59. The molecule has 6 heteroatoms. The molecule has 0 N–H and O–H groups in total. The highest BCUT2D eigenvalue weighted by Crippen LogP contribution is 2.18. The van der Waals surface area contributed by atoms with Crippen LogP contribution in [-0.2, 0) is 28.6 Å². The number of hydrogen-bond acceptors (Lipinski definition) is 6. The standard InChI is InChI=1S/C55H106O6/c1-6-7-8-9-10-11-12-20-25-30-35-40-45-53(56)59-48-52(61-55(58)47-42-37-32-27-22-24-29-34-39-44-51(4)5)49-60-54(57)46-41-36-31-26-21-18-16-14-13-15-17-19-23-28-33-38-43-50(2)3/h50-52H,6-49H2,1-5H3/t52-/m0/s1. The van der Waals surface area contributed by atoms with E-state index < -0.39 is 6.10 Å². The summed E-state index contributed by atoms with van der Waals surface area (Å²) in [5, 5.41) is 0. The molecule has 0 aliphatic carbocycles. The van der Waals surface area contributed by atoms with E-state index in [0.29, 0.717) is 19.3 Å². The number of ether oxygens (including phenoxy) is 3. The van der Waals surface area contributed by atoms with Crippen LogP contribution in [0.1, 0.15) is 304 Å². The van der Waals surface area contributed by atoms with Gasteiger partial charge in [-0.3, -0.25) is 14.4 Å². The van der Waals surface area contributed by atoms with Crippen molar-refractivity contribution in [3.8, 4) is 0 Å². The maximum atomic E-state index is 12.8. The molecule has 0 saturated heterocycles. The third-order valence-corrected chi connectivity index (χ3v) is 12.5. The minimum atomic E-state index is -0.762. The summed E-state index contributed by atoms with van der Waals surface area (Å²) in [5.74, 6) is 0.813. The Morgan fingerprint density at radius 3 is 0.803 bits per heavy atom. The van der Waals surface area contributed by atoms with Gasteiger partial charge in [0.25, 0.3) is 0 Å². The second-order valence-corrected chi connectivity index (χ2v) is 19.8. The van der Waals surface area contributed by atoms with Gasteiger partial charge in [-0.1, -0.05) is 266 Å². The summed E-state index contributed by atoms with van der Waals surface area (Å²) >= 11 is 0. The van der Waals surface area contributed by atoms with Crippen LogP contribution in [0.4, 0.5) is 0 Å². The molecule has 0 unspecified atom stereocenters. The van der Waals surface area contributed by atoms with Gasteiger partial charge >= 0.3 is 17.9 Å². The minimum Gasteiger partial charge on any atom is -0.462 e. The number of carbonyl (C=O) groups excluding carboxylic acids is 3. The third kappa shape index (κ3) is 49.3. The number of carbonyl (C=O) groups is 3. The molecule has 362 valence electrons. The lowest BCUT2D eigenvalue weighted by Gasteiger charge is -2.18. The molecule has 6 nitrogen and oxygen atoms in total. The Labute approximate surface area is 380 Å². The highest BCUT2D eigenvalue weighted by atomic mass is 16.6. The summed E-state index contributed by atoms with van der Waals surface area (Å²) in [6.45, 7) is 11.4. The molecule has 0 saturated carbocycles. The van der Waals surface area contributed by atoms with E-state index in [1.165, 1.54) is 193 Å². The first-order valence-electron chi connectivity index (χ1n) is 27.2. The first kappa shape index (κ1) is 59.4. The molecule has 0 aromatic rings. The molecular formula is C55H106O6. The molecule has 0 radical (unpaired) electrons. The van der Waals surface area contributed by atoms with E-state index in [1.54, 1.807) is 0 Å². The van der Waals surface area contributed by atoms with E-state index in [2.05, 4.69) is 34.6 Å². The van der Waals surface area contributed by atoms with Crippen molar-refractivity contribution in [3.63, 3.8) is 0 Å². The lowest BCUT2D eigenvalue weighted by molar-refractivity contribution is -0.167. The van der Waals surface area contributed by atoms with Gasteiger partial charge in [0.1, 0.15) is 13.2 Å². The van der Waals surface area contributed by atoms with E-state index in [0.717, 1.165) is 69.6 Å². The SMILES string of the molecule is CCCCCCCCCCCCCCC(=O)OC[C@@H](COC(=O)CCCCCCCCCCCCCCCCCCC(C)C)OC(=O)CCCCCCCCCCCC(C)C. The molecule has 0 fully saturated rings. The predicted octanol–water partition coefficient (Wildman–Crippen LogP) is 17.7. The van der Waals surface area contributed by atoms with Crippen LogP contribution in [0.5, 0.6) is 0 Å². The molecule has 1 atom stereocenters. The van der Waals surface area contributed by atoms with Crippen LogP contribution in [-0.4, -0.2) is 37.2 Å². The van der Waals surface area contributed by atoms with Gasteiger partial charge in [-0.25, -0.2) is 0 Å². The van der Waals surface area contributed by atoms with Crippen LogP contribution < -0.4 is 0 Å². The largest absolute Gasteiger partial charge is 0.462 e. The van der Waals surface area contributed by atoms with Crippen molar-refractivity contribution >= 4 is 17.9 Å². The highest BCUT2D eigenvalue weighted by molar-refractivity contribution is 5.71. The zero-order valence-electron chi connectivity index (χ0n) is 41.8. The minimum absolute atomic E-state index is 0.0634. The van der Waals surface area contributed by atoms with Crippen molar-refractivity contribution < 1.29 is 28.6 Å². The zero-order valence-corrected chi connectivity index (χ0v) is 41.8. The van der Waals surface area contributed by atoms with Crippen LogP contribution in [0.25, 0.3) is 0 Å². The second kappa shape index (κ2) is 47.9. The van der Waals surface area contributed by atoms with Crippen LogP contribution in [0.15, 0.2) is 0 Å².